The molecule has 1 fully saturated rings. The van der Waals surface area contributed by atoms with E-state index in [-0.39, 0.29) is 0 Å². The van der Waals surface area contributed by atoms with Crippen molar-refractivity contribution in [3.8, 4) is 17.2 Å². The van der Waals surface area contributed by atoms with Crippen molar-refractivity contribution in [3.05, 3.63) is 46.5 Å². The van der Waals surface area contributed by atoms with E-state index >= 15 is 0 Å². The van der Waals surface area contributed by atoms with Gasteiger partial charge in [0.05, 0.1) is 11.3 Å². The van der Waals surface area contributed by atoms with Crippen molar-refractivity contribution in [2.24, 2.45) is 0 Å². The van der Waals surface area contributed by atoms with Gasteiger partial charge >= 0.3 is 0 Å². The van der Waals surface area contributed by atoms with Crippen LogP contribution >= 0.6 is 0 Å². The van der Waals surface area contributed by atoms with Crippen molar-refractivity contribution in [1.29, 1.82) is 5.26 Å². The molecule has 0 saturated carbocycles. The van der Waals surface area contributed by atoms with Crippen molar-refractivity contribution in [3.63, 3.8) is 0 Å². The lowest BCUT2D eigenvalue weighted by Crippen LogP contribution is -2.25. The Labute approximate surface area is 155 Å². The molecule has 1 aliphatic carbocycles. The Morgan fingerprint density at radius 3 is 2.77 bits per heavy atom. The van der Waals surface area contributed by atoms with E-state index in [1.807, 2.05) is 19.2 Å². The molecule has 1 saturated heterocycles. The van der Waals surface area contributed by atoms with E-state index in [0.29, 0.717) is 5.56 Å². The minimum Gasteiger partial charge on any atom is -0.369 e. The van der Waals surface area contributed by atoms with Crippen LogP contribution in [0.15, 0.2) is 18.3 Å². The molecular weight excluding hydrogens is 322 g/mol. The summed E-state index contributed by atoms with van der Waals surface area (Å²) >= 11 is 0. The number of nitriles is 1. The minimum absolute atomic E-state index is 0.455. The highest BCUT2D eigenvalue weighted by Crippen LogP contribution is 2.42. The second-order valence-electron chi connectivity index (χ2n) is 7.68. The quantitative estimate of drug-likeness (QED) is 0.744. The van der Waals surface area contributed by atoms with Crippen LogP contribution < -0.4 is 0 Å². The third-order valence-corrected chi connectivity index (χ3v) is 5.74. The number of hydrogen-bond acceptors (Lipinski definition) is 4. The maximum absolute atomic E-state index is 10.1. The molecule has 0 aromatic carbocycles. The number of aromatic nitrogens is 2. The topological polar surface area (TPSA) is 58.8 Å². The molecule has 0 unspecified atom stereocenters. The van der Waals surface area contributed by atoms with Gasteiger partial charge in [-0.25, -0.2) is 0 Å². The van der Waals surface area contributed by atoms with E-state index in [9.17, 15) is 5.26 Å². The van der Waals surface area contributed by atoms with Gasteiger partial charge in [0.15, 0.2) is 0 Å². The first-order valence-electron chi connectivity index (χ1n) is 9.66. The summed E-state index contributed by atoms with van der Waals surface area (Å²) in [6.45, 7) is 4.83. The number of nitrogens with zero attached hydrogens (tertiary/aromatic N) is 3. The molecule has 1 atom stereocenters. The van der Waals surface area contributed by atoms with E-state index in [1.165, 1.54) is 12.0 Å². The molecule has 0 amide bonds. The van der Waals surface area contributed by atoms with Gasteiger partial charge in [-0.2, -0.15) is 5.26 Å². The summed E-state index contributed by atoms with van der Waals surface area (Å²) in [6.07, 6.45) is 9.29. The van der Waals surface area contributed by atoms with Crippen LogP contribution in [0.25, 0.3) is 11.1 Å². The molecule has 1 aliphatic heterocycles. The largest absolute Gasteiger partial charge is 0.369 e. The number of aryl methyl sites for hydroxylation is 2. The predicted octanol–water partition coefficient (Wildman–Crippen LogP) is 4.62. The van der Waals surface area contributed by atoms with Gasteiger partial charge in [-0.15, -0.1) is 0 Å². The molecule has 0 spiro atoms. The highest BCUT2D eigenvalue weighted by Gasteiger charge is 2.38. The molecule has 2 aromatic rings. The molecule has 4 heteroatoms. The average Bonchev–Trinajstić information content (AvgIpc) is 2.95. The van der Waals surface area contributed by atoms with E-state index in [1.54, 1.807) is 0 Å². The van der Waals surface area contributed by atoms with Crippen molar-refractivity contribution >= 4 is 0 Å². The summed E-state index contributed by atoms with van der Waals surface area (Å²) < 4.78 is 6.08. The molecular formula is C22H25N3O. The molecule has 4 rings (SSSR count). The number of pyridine rings is 2. The van der Waals surface area contributed by atoms with E-state index in [2.05, 4.69) is 24.0 Å². The summed E-state index contributed by atoms with van der Waals surface area (Å²) in [5.41, 5.74) is 6.61. The van der Waals surface area contributed by atoms with E-state index < -0.39 is 5.60 Å². The first kappa shape index (κ1) is 17.2. The molecule has 2 aliphatic rings. The number of ether oxygens (including phenoxy) is 1. The van der Waals surface area contributed by atoms with Crippen molar-refractivity contribution < 1.29 is 4.74 Å². The molecule has 134 valence electrons. The first-order chi connectivity index (χ1) is 12.6. The normalized spacial score (nSPS) is 22.5. The second kappa shape index (κ2) is 6.81. The van der Waals surface area contributed by atoms with Gasteiger partial charge in [0.1, 0.15) is 11.7 Å². The van der Waals surface area contributed by atoms with Crippen LogP contribution in [0.2, 0.25) is 0 Å². The van der Waals surface area contributed by atoms with Crippen LogP contribution in [0, 0.1) is 18.3 Å². The van der Waals surface area contributed by atoms with Crippen LogP contribution in [0.5, 0.6) is 0 Å². The lowest BCUT2D eigenvalue weighted by atomic mass is 9.85. The summed E-state index contributed by atoms with van der Waals surface area (Å²) in [5, 5.41) is 10.1. The zero-order valence-corrected chi connectivity index (χ0v) is 15.6. The van der Waals surface area contributed by atoms with Gasteiger partial charge in [0.2, 0.25) is 0 Å². The third kappa shape index (κ3) is 2.91. The zero-order chi connectivity index (χ0) is 18.1. The Balaban J connectivity index is 2.02. The van der Waals surface area contributed by atoms with Crippen LogP contribution in [-0.2, 0) is 23.2 Å². The molecule has 2 aromatic heterocycles. The minimum atomic E-state index is -0.455. The lowest BCUT2D eigenvalue weighted by Gasteiger charge is -2.27. The van der Waals surface area contributed by atoms with Gasteiger partial charge in [-0.1, -0.05) is 6.42 Å². The van der Waals surface area contributed by atoms with Crippen LogP contribution in [0.4, 0.5) is 0 Å². The van der Waals surface area contributed by atoms with Gasteiger partial charge in [0, 0.05) is 29.8 Å². The zero-order valence-electron chi connectivity index (χ0n) is 15.6. The smallest absolute Gasteiger partial charge is 0.109 e. The second-order valence-corrected chi connectivity index (χ2v) is 7.68. The summed E-state index contributed by atoms with van der Waals surface area (Å²) in [5.74, 6) is 0. The molecule has 0 radical (unpaired) electrons. The predicted molar refractivity (Wildman–Crippen MR) is 101 cm³/mol. The summed E-state index contributed by atoms with van der Waals surface area (Å²) in [6, 6.07) is 6.60. The number of hydrogen-bond donors (Lipinski definition) is 0. The lowest BCUT2D eigenvalue weighted by molar-refractivity contribution is 0.0129. The van der Waals surface area contributed by atoms with Gasteiger partial charge in [-0.05, 0) is 75.6 Å². The van der Waals surface area contributed by atoms with E-state index in [4.69, 9.17) is 9.72 Å². The Hall–Kier alpha value is -2.25. The Morgan fingerprint density at radius 1 is 1.19 bits per heavy atom. The van der Waals surface area contributed by atoms with Crippen molar-refractivity contribution in [2.75, 3.05) is 6.61 Å². The fraction of sp³-hybridized carbons (Fsp3) is 0.500. The van der Waals surface area contributed by atoms with E-state index in [0.717, 1.165) is 73.3 Å². The molecule has 0 N–H and O–H groups in total. The monoisotopic (exact) mass is 347 g/mol. The molecule has 3 heterocycles. The molecule has 0 bridgehead atoms. The van der Waals surface area contributed by atoms with Crippen molar-refractivity contribution in [1.82, 2.24) is 9.97 Å². The molecule has 4 nitrogen and oxygen atoms in total. The van der Waals surface area contributed by atoms with Crippen LogP contribution in [0.1, 0.15) is 67.2 Å². The van der Waals surface area contributed by atoms with Gasteiger partial charge < -0.3 is 4.74 Å². The maximum Gasteiger partial charge on any atom is 0.109 e. The highest BCUT2D eigenvalue weighted by molar-refractivity contribution is 5.76. The van der Waals surface area contributed by atoms with Crippen LogP contribution in [0.3, 0.4) is 0 Å². The molecule has 26 heavy (non-hydrogen) atoms. The SMILES string of the molecule is Cc1cc(-c2c(C#N)c([C@]3(C)CCCO3)nc3c2CCCCC3)ccn1. The van der Waals surface area contributed by atoms with Gasteiger partial charge in [-0.3, -0.25) is 9.97 Å². The van der Waals surface area contributed by atoms with Crippen molar-refractivity contribution in [2.45, 2.75) is 64.4 Å². The Kier molecular flexibility index (Phi) is 4.50. The Bertz CT molecular complexity index is 876. The average molecular weight is 347 g/mol. The fourth-order valence-corrected chi connectivity index (χ4v) is 4.40. The first-order valence-corrected chi connectivity index (χ1v) is 9.66. The third-order valence-electron chi connectivity index (χ3n) is 5.74. The standard InChI is InChI=1S/C22H25N3O/c1-15-13-16(9-11-24-15)20-17-7-4-3-5-8-19(17)25-21(18(20)14-23)22(2)10-6-12-26-22/h9,11,13H,3-8,10,12H2,1-2H3/t22-/m0/s1. The number of fused-ring (bicyclic) bond motifs is 1. The summed E-state index contributed by atoms with van der Waals surface area (Å²) in [7, 11) is 0. The number of rotatable bonds is 2. The fourth-order valence-electron chi connectivity index (χ4n) is 4.40. The summed E-state index contributed by atoms with van der Waals surface area (Å²) in [4.78, 5) is 9.39. The van der Waals surface area contributed by atoms with Gasteiger partial charge in [0.25, 0.3) is 0 Å². The highest BCUT2D eigenvalue weighted by atomic mass is 16.5. The Morgan fingerprint density at radius 2 is 2.04 bits per heavy atom. The maximum atomic E-state index is 10.1. The van der Waals surface area contributed by atoms with Crippen LogP contribution in [-0.4, -0.2) is 16.6 Å².